The first-order valence-corrected chi connectivity index (χ1v) is 7.86. The third-order valence-corrected chi connectivity index (χ3v) is 2.75. The molecule has 5 heteroatoms. The molecular formula is C18H26MnN4. The van der Waals surface area contributed by atoms with Gasteiger partial charge in [0.25, 0.3) is 0 Å². The average Bonchev–Trinajstić information content (AvgIpc) is 3.09. The third-order valence-electron chi connectivity index (χ3n) is 2.75. The van der Waals surface area contributed by atoms with E-state index in [2.05, 4.69) is 33.8 Å². The summed E-state index contributed by atoms with van der Waals surface area (Å²) in [5.41, 5.74) is 4.05. The van der Waals surface area contributed by atoms with E-state index in [1.54, 1.807) is 0 Å². The molecule has 0 aromatic carbocycles. The van der Waals surface area contributed by atoms with Crippen molar-refractivity contribution in [2.24, 2.45) is 9.98 Å². The molecule has 125 valence electrons. The number of aromatic nitrogens is 2. The Bertz CT molecular complexity index is 529. The molecule has 2 heterocycles. The SMILES string of the molecule is CCCN=Cc1ccc(C)[n-]1.CCCN=Cc1ccc(C)[n-]1.[Mn+2]. The van der Waals surface area contributed by atoms with Crippen LogP contribution in [0.25, 0.3) is 0 Å². The van der Waals surface area contributed by atoms with E-state index >= 15 is 0 Å². The molecule has 0 amide bonds. The molecule has 1 radical (unpaired) electrons. The van der Waals surface area contributed by atoms with Crippen LogP contribution >= 0.6 is 0 Å². The molecule has 0 bridgehead atoms. The summed E-state index contributed by atoms with van der Waals surface area (Å²) in [5.74, 6) is 0. The molecule has 4 nitrogen and oxygen atoms in total. The van der Waals surface area contributed by atoms with Gasteiger partial charge in [0, 0.05) is 25.5 Å². The first-order chi connectivity index (χ1) is 10.7. The quantitative estimate of drug-likeness (QED) is 0.589. The van der Waals surface area contributed by atoms with E-state index in [4.69, 9.17) is 0 Å². The summed E-state index contributed by atoms with van der Waals surface area (Å²) in [7, 11) is 0. The second-order valence-electron chi connectivity index (χ2n) is 5.09. The fourth-order valence-electron chi connectivity index (χ4n) is 1.69. The van der Waals surface area contributed by atoms with E-state index in [0.29, 0.717) is 0 Å². The molecule has 0 aliphatic carbocycles. The Hall–Kier alpha value is -1.58. The van der Waals surface area contributed by atoms with Gasteiger partial charge in [-0.25, -0.2) is 0 Å². The fraction of sp³-hybridized carbons (Fsp3) is 0.444. The average molecular weight is 353 g/mol. The van der Waals surface area contributed by atoms with Gasteiger partial charge in [-0.1, -0.05) is 52.0 Å². The Morgan fingerprint density at radius 1 is 0.783 bits per heavy atom. The molecule has 0 saturated heterocycles. The van der Waals surface area contributed by atoms with Gasteiger partial charge in [0.1, 0.15) is 0 Å². The number of rotatable bonds is 6. The molecule has 2 rings (SSSR count). The molecule has 0 aliphatic rings. The summed E-state index contributed by atoms with van der Waals surface area (Å²) < 4.78 is 0. The first kappa shape index (κ1) is 21.4. The second kappa shape index (κ2) is 12.9. The minimum atomic E-state index is 0. The molecule has 0 saturated carbocycles. The molecule has 0 atom stereocenters. The van der Waals surface area contributed by atoms with Crippen molar-refractivity contribution in [3.05, 3.63) is 47.0 Å². The number of aryl methyl sites for hydroxylation is 2. The van der Waals surface area contributed by atoms with Gasteiger partial charge in [0.15, 0.2) is 0 Å². The Morgan fingerprint density at radius 2 is 1.17 bits per heavy atom. The van der Waals surface area contributed by atoms with Crippen molar-refractivity contribution in [2.75, 3.05) is 13.1 Å². The number of nitrogens with zero attached hydrogens (tertiary/aromatic N) is 4. The predicted octanol–water partition coefficient (Wildman–Crippen LogP) is 3.56. The van der Waals surface area contributed by atoms with Crippen LogP contribution in [0.15, 0.2) is 34.3 Å². The summed E-state index contributed by atoms with van der Waals surface area (Å²) in [4.78, 5) is 16.8. The molecule has 0 spiro atoms. The van der Waals surface area contributed by atoms with Crippen LogP contribution in [0, 0.1) is 13.8 Å². The number of aliphatic imine (C=N–C) groups is 2. The molecule has 2 aromatic rings. The van der Waals surface area contributed by atoms with Crippen LogP contribution in [-0.4, -0.2) is 25.5 Å². The van der Waals surface area contributed by atoms with Crippen LogP contribution in [0.1, 0.15) is 49.5 Å². The first-order valence-electron chi connectivity index (χ1n) is 7.86. The summed E-state index contributed by atoms with van der Waals surface area (Å²) in [6, 6.07) is 7.95. The molecule has 0 aliphatic heterocycles. The van der Waals surface area contributed by atoms with Gasteiger partial charge in [0.05, 0.1) is 0 Å². The zero-order chi connectivity index (χ0) is 16.2. The summed E-state index contributed by atoms with van der Waals surface area (Å²) in [6.45, 7) is 9.98. The van der Waals surface area contributed by atoms with Crippen molar-refractivity contribution < 1.29 is 17.1 Å². The van der Waals surface area contributed by atoms with E-state index in [1.165, 1.54) is 0 Å². The molecule has 0 unspecified atom stereocenters. The van der Waals surface area contributed by atoms with Crippen molar-refractivity contribution >= 4 is 12.4 Å². The number of hydrogen-bond acceptors (Lipinski definition) is 2. The van der Waals surface area contributed by atoms with Gasteiger partial charge in [-0.3, -0.25) is 9.98 Å². The van der Waals surface area contributed by atoms with E-state index in [1.807, 2.05) is 50.5 Å². The van der Waals surface area contributed by atoms with Gasteiger partial charge in [-0.05, 0) is 12.8 Å². The summed E-state index contributed by atoms with van der Waals surface area (Å²) >= 11 is 0. The van der Waals surface area contributed by atoms with E-state index in [9.17, 15) is 0 Å². The van der Waals surface area contributed by atoms with Gasteiger partial charge in [-0.2, -0.15) is 11.4 Å². The largest absolute Gasteiger partial charge is 2.00 e. The van der Waals surface area contributed by atoms with Crippen molar-refractivity contribution in [3.63, 3.8) is 0 Å². The molecule has 0 N–H and O–H groups in total. The normalized spacial score (nSPS) is 10.6. The predicted molar refractivity (Wildman–Crippen MR) is 94.5 cm³/mol. The molecule has 23 heavy (non-hydrogen) atoms. The van der Waals surface area contributed by atoms with Gasteiger partial charge in [0.2, 0.25) is 0 Å². The fourth-order valence-corrected chi connectivity index (χ4v) is 1.69. The van der Waals surface area contributed by atoms with Gasteiger partial charge >= 0.3 is 17.1 Å². The zero-order valence-electron chi connectivity index (χ0n) is 14.5. The second-order valence-corrected chi connectivity index (χ2v) is 5.09. The maximum Gasteiger partial charge on any atom is 2.00 e. The summed E-state index contributed by atoms with van der Waals surface area (Å²) in [5, 5.41) is 0. The van der Waals surface area contributed by atoms with Crippen molar-refractivity contribution in [1.29, 1.82) is 0 Å². The van der Waals surface area contributed by atoms with Gasteiger partial charge < -0.3 is 9.97 Å². The van der Waals surface area contributed by atoms with Crippen LogP contribution in [0.3, 0.4) is 0 Å². The smallest absolute Gasteiger partial charge is 0.660 e. The maximum absolute atomic E-state index is 4.23. The third kappa shape index (κ3) is 9.93. The Balaban J connectivity index is 0.000000403. The van der Waals surface area contributed by atoms with E-state index in [-0.39, 0.29) is 17.1 Å². The molecular weight excluding hydrogens is 327 g/mol. The van der Waals surface area contributed by atoms with Gasteiger partial charge in [-0.15, -0.1) is 11.4 Å². The standard InChI is InChI=1S/2C9H13N2.Mn/c2*1-3-6-10-7-9-5-4-8(2)11-9;/h2*4-5,7H,3,6H2,1-2H3;/q2*-1;+2. The van der Waals surface area contributed by atoms with Crippen molar-refractivity contribution in [2.45, 2.75) is 40.5 Å². The Labute approximate surface area is 150 Å². The topological polar surface area (TPSA) is 52.9 Å². The monoisotopic (exact) mass is 353 g/mol. The minimum Gasteiger partial charge on any atom is -0.660 e. The van der Waals surface area contributed by atoms with Crippen LogP contribution in [0.5, 0.6) is 0 Å². The van der Waals surface area contributed by atoms with Crippen molar-refractivity contribution in [1.82, 2.24) is 9.97 Å². The maximum atomic E-state index is 4.23. The summed E-state index contributed by atoms with van der Waals surface area (Å²) in [6.07, 6.45) is 5.85. The molecule has 0 fully saturated rings. The van der Waals surface area contributed by atoms with Crippen LogP contribution in [0.4, 0.5) is 0 Å². The Kier molecular flexibility index (Phi) is 12.0. The van der Waals surface area contributed by atoms with Crippen LogP contribution in [-0.2, 0) is 17.1 Å². The number of hydrogen-bond donors (Lipinski definition) is 0. The van der Waals surface area contributed by atoms with Crippen LogP contribution < -0.4 is 9.97 Å². The van der Waals surface area contributed by atoms with E-state index < -0.39 is 0 Å². The van der Waals surface area contributed by atoms with Crippen molar-refractivity contribution in [3.8, 4) is 0 Å². The van der Waals surface area contributed by atoms with Crippen LogP contribution in [0.2, 0.25) is 0 Å². The Morgan fingerprint density at radius 3 is 1.43 bits per heavy atom. The van der Waals surface area contributed by atoms with E-state index in [0.717, 1.165) is 48.7 Å². The minimum absolute atomic E-state index is 0. The molecule has 2 aromatic heterocycles. The zero-order valence-corrected chi connectivity index (χ0v) is 15.6.